The Labute approximate surface area is 213 Å². The van der Waals surface area contributed by atoms with Crippen molar-refractivity contribution in [1.82, 2.24) is 15.1 Å². The van der Waals surface area contributed by atoms with Crippen LogP contribution in [0, 0.1) is 0 Å². The molecule has 0 atom stereocenters. The maximum atomic E-state index is 12.4. The van der Waals surface area contributed by atoms with Crippen molar-refractivity contribution >= 4 is 50.9 Å². The number of amidine groups is 1. The van der Waals surface area contributed by atoms with Crippen LogP contribution in [0.1, 0.15) is 11.1 Å². The lowest BCUT2D eigenvalue weighted by atomic mass is 10.1. The summed E-state index contributed by atoms with van der Waals surface area (Å²) in [4.78, 5) is 30.6. The predicted octanol–water partition coefficient (Wildman–Crippen LogP) is 3.27. The third kappa shape index (κ3) is 6.82. The van der Waals surface area contributed by atoms with Crippen molar-refractivity contribution in [2.75, 3.05) is 32.6 Å². The van der Waals surface area contributed by atoms with Crippen LogP contribution in [-0.2, 0) is 21.2 Å². The Bertz CT molecular complexity index is 1260. The molecule has 0 bridgehead atoms. The molecule has 2 aromatic carbocycles. The number of benzene rings is 2. The lowest BCUT2D eigenvalue weighted by molar-refractivity contribution is -0.125. The topological polar surface area (TPSA) is 119 Å². The Morgan fingerprint density at radius 2 is 1.91 bits per heavy atom. The van der Waals surface area contributed by atoms with Gasteiger partial charge in [0.05, 0.1) is 28.0 Å². The number of amides is 2. The number of halogens is 2. The number of carbonyl (C=O) groups is 2. The quantitative estimate of drug-likeness (QED) is 0.373. The van der Waals surface area contributed by atoms with Crippen LogP contribution in [0.25, 0.3) is 0 Å². The van der Waals surface area contributed by atoms with Crippen LogP contribution in [0.2, 0.25) is 10.0 Å². The molecule has 2 amide bonds. The van der Waals surface area contributed by atoms with Crippen molar-refractivity contribution in [3.8, 4) is 0 Å². The molecule has 0 aromatic heterocycles. The zero-order chi connectivity index (χ0) is 25.6. The van der Waals surface area contributed by atoms with Gasteiger partial charge in [-0.15, -0.1) is 0 Å². The molecule has 35 heavy (non-hydrogen) atoms. The molecule has 0 fully saturated rings. The van der Waals surface area contributed by atoms with Crippen molar-refractivity contribution in [3.63, 3.8) is 0 Å². The average Bonchev–Trinajstić information content (AvgIpc) is 3.31. The number of hydrogen-bond acceptors (Lipinski definition) is 6. The first-order valence-electron chi connectivity index (χ1n) is 10.5. The summed E-state index contributed by atoms with van der Waals surface area (Å²) < 4.78 is 24.9. The molecular formula is C23H24Cl2N4O5S. The van der Waals surface area contributed by atoms with E-state index in [0.29, 0.717) is 31.0 Å². The van der Waals surface area contributed by atoms with E-state index in [9.17, 15) is 23.1 Å². The molecule has 1 aliphatic rings. The average molecular weight is 539 g/mol. The Morgan fingerprint density at radius 1 is 1.20 bits per heavy atom. The van der Waals surface area contributed by atoms with Gasteiger partial charge >= 0.3 is 6.09 Å². The highest BCUT2D eigenvalue weighted by atomic mass is 35.5. The Kier molecular flexibility index (Phi) is 8.90. The van der Waals surface area contributed by atoms with Crippen LogP contribution in [-0.4, -0.2) is 73.7 Å². The van der Waals surface area contributed by atoms with E-state index in [2.05, 4.69) is 10.3 Å². The standard InChI is InChI=1S/C23H24Cl2N4O5S/c1-28(14-16-7-9-17(10-8-16)22-27-12-13-29(22)23(31)32)20(30)6-3-11-26-15-35(33,34)19-5-2-4-18(24)21(19)25/h2-10,26H,11-15H2,1H3,(H,31,32)/b6-3+. The predicted molar refractivity (Wildman–Crippen MR) is 135 cm³/mol. The molecule has 1 heterocycles. The molecule has 1 aliphatic heterocycles. The summed E-state index contributed by atoms with van der Waals surface area (Å²) in [6.07, 6.45) is 1.86. The lowest BCUT2D eigenvalue weighted by Gasteiger charge is -2.17. The summed E-state index contributed by atoms with van der Waals surface area (Å²) in [5, 5.41) is 12.1. The molecule has 0 saturated heterocycles. The molecule has 0 radical (unpaired) electrons. The molecule has 3 rings (SSSR count). The second-order valence-corrected chi connectivity index (χ2v) is 10.4. The first-order chi connectivity index (χ1) is 16.6. The number of nitrogens with zero attached hydrogens (tertiary/aromatic N) is 3. The molecule has 0 saturated carbocycles. The summed E-state index contributed by atoms with van der Waals surface area (Å²) in [6, 6.07) is 11.6. The molecule has 9 nitrogen and oxygen atoms in total. The molecular weight excluding hydrogens is 515 g/mol. The summed E-state index contributed by atoms with van der Waals surface area (Å²) >= 11 is 11.9. The summed E-state index contributed by atoms with van der Waals surface area (Å²) in [5.74, 6) is -0.198. The van der Waals surface area contributed by atoms with E-state index >= 15 is 0 Å². The highest BCUT2D eigenvalue weighted by Crippen LogP contribution is 2.29. The minimum absolute atomic E-state index is 0.0215. The van der Waals surface area contributed by atoms with E-state index in [1.807, 2.05) is 12.1 Å². The molecule has 0 unspecified atom stereocenters. The number of carboxylic acid groups (broad SMARTS) is 1. The first-order valence-corrected chi connectivity index (χ1v) is 12.9. The van der Waals surface area contributed by atoms with Gasteiger partial charge in [-0.3, -0.25) is 20.0 Å². The van der Waals surface area contributed by atoms with Crippen molar-refractivity contribution in [1.29, 1.82) is 0 Å². The van der Waals surface area contributed by atoms with Crippen LogP contribution in [0.4, 0.5) is 4.79 Å². The second-order valence-electron chi connectivity index (χ2n) is 7.70. The van der Waals surface area contributed by atoms with Gasteiger partial charge in [-0.2, -0.15) is 0 Å². The van der Waals surface area contributed by atoms with Crippen LogP contribution >= 0.6 is 23.2 Å². The lowest BCUT2D eigenvalue weighted by Crippen LogP contribution is -2.33. The molecule has 0 spiro atoms. The summed E-state index contributed by atoms with van der Waals surface area (Å²) in [5.41, 5.74) is 1.56. The Morgan fingerprint density at radius 3 is 2.60 bits per heavy atom. The highest BCUT2D eigenvalue weighted by Gasteiger charge is 2.24. The normalized spacial score (nSPS) is 13.8. The Hall–Kier alpha value is -2.92. The van der Waals surface area contributed by atoms with E-state index in [-0.39, 0.29) is 33.3 Å². The second kappa shape index (κ2) is 11.7. The molecule has 0 aliphatic carbocycles. The van der Waals surface area contributed by atoms with Gasteiger partial charge in [-0.1, -0.05) is 59.6 Å². The molecule has 12 heteroatoms. The van der Waals surface area contributed by atoms with E-state index in [4.69, 9.17) is 23.2 Å². The molecule has 2 aromatic rings. The maximum Gasteiger partial charge on any atom is 0.413 e. The number of hydrogen-bond donors (Lipinski definition) is 2. The minimum Gasteiger partial charge on any atom is -0.465 e. The van der Waals surface area contributed by atoms with Crippen molar-refractivity contribution in [2.45, 2.75) is 11.4 Å². The third-order valence-electron chi connectivity index (χ3n) is 5.15. The third-order valence-corrected chi connectivity index (χ3v) is 7.67. The van der Waals surface area contributed by atoms with Crippen molar-refractivity contribution in [2.24, 2.45) is 4.99 Å². The Balaban J connectivity index is 1.48. The van der Waals surface area contributed by atoms with E-state index in [1.165, 1.54) is 40.2 Å². The summed E-state index contributed by atoms with van der Waals surface area (Å²) in [6.45, 7) is 1.27. The fraction of sp³-hybridized carbons (Fsp3) is 0.261. The number of sulfone groups is 1. The van der Waals surface area contributed by atoms with Crippen LogP contribution < -0.4 is 5.32 Å². The van der Waals surface area contributed by atoms with Crippen molar-refractivity contribution in [3.05, 3.63) is 75.8 Å². The number of carbonyl (C=O) groups excluding carboxylic acids is 1. The van der Waals surface area contributed by atoms with Gasteiger partial charge in [-0.25, -0.2) is 13.2 Å². The molecule has 2 N–H and O–H groups in total. The first kappa shape index (κ1) is 26.7. The highest BCUT2D eigenvalue weighted by molar-refractivity contribution is 7.91. The fourth-order valence-corrected chi connectivity index (χ4v) is 5.28. The number of rotatable bonds is 9. The SMILES string of the molecule is CN(Cc1ccc(C2=NCCN2C(=O)O)cc1)C(=O)/C=C/CNCS(=O)(=O)c1cccc(Cl)c1Cl. The van der Waals surface area contributed by atoms with E-state index < -0.39 is 15.9 Å². The molecule has 186 valence electrons. The van der Waals surface area contributed by atoms with Gasteiger partial charge in [0.25, 0.3) is 0 Å². The van der Waals surface area contributed by atoms with Gasteiger partial charge in [0.2, 0.25) is 5.91 Å². The van der Waals surface area contributed by atoms with E-state index in [0.717, 1.165) is 5.56 Å². The smallest absolute Gasteiger partial charge is 0.413 e. The number of likely N-dealkylation sites (N-methyl/N-ethyl adjacent to an activating group) is 1. The van der Waals surface area contributed by atoms with Crippen LogP contribution in [0.15, 0.2) is 64.5 Å². The largest absolute Gasteiger partial charge is 0.465 e. The van der Waals surface area contributed by atoms with Crippen LogP contribution in [0.5, 0.6) is 0 Å². The van der Waals surface area contributed by atoms with Gasteiger partial charge in [0.1, 0.15) is 11.7 Å². The monoisotopic (exact) mass is 538 g/mol. The van der Waals surface area contributed by atoms with Gasteiger partial charge in [0, 0.05) is 31.8 Å². The van der Waals surface area contributed by atoms with Gasteiger partial charge < -0.3 is 10.0 Å². The van der Waals surface area contributed by atoms with E-state index in [1.54, 1.807) is 19.2 Å². The minimum atomic E-state index is -3.69. The summed E-state index contributed by atoms with van der Waals surface area (Å²) in [7, 11) is -2.04. The number of nitrogens with one attached hydrogen (secondary N) is 1. The van der Waals surface area contributed by atoms with Crippen LogP contribution in [0.3, 0.4) is 0 Å². The number of aliphatic imine (C=N–C) groups is 1. The fourth-order valence-electron chi connectivity index (χ4n) is 3.36. The van der Waals surface area contributed by atoms with Crippen molar-refractivity contribution < 1.29 is 23.1 Å². The maximum absolute atomic E-state index is 12.4. The van der Waals surface area contributed by atoms with Gasteiger partial charge in [0.15, 0.2) is 9.84 Å². The van der Waals surface area contributed by atoms with Gasteiger partial charge in [-0.05, 0) is 17.7 Å². The zero-order valence-corrected chi connectivity index (χ0v) is 21.1. The zero-order valence-electron chi connectivity index (χ0n) is 18.8.